The number of amides is 2. The van der Waals surface area contributed by atoms with E-state index in [9.17, 15) is 9.59 Å². The van der Waals surface area contributed by atoms with E-state index >= 15 is 0 Å². The highest BCUT2D eigenvalue weighted by Crippen LogP contribution is 2.29. The molecular weight excluding hydrogens is 284 g/mol. The lowest BCUT2D eigenvalue weighted by atomic mass is 9.82. The summed E-state index contributed by atoms with van der Waals surface area (Å²) in [4.78, 5) is 26.6. The molecule has 2 aliphatic rings. The first-order valence-corrected chi connectivity index (χ1v) is 9.46. The molecule has 1 saturated carbocycles. The standard InChI is InChI=1S/C16H28N2O2S/c1-3-21-10-9-12(2)18-11-14(19)17-15(16(18)20)13-7-5-4-6-8-13/h12-13,15H,3-11H2,1-2H3,(H,17,19). The molecule has 1 heterocycles. The van der Waals surface area contributed by atoms with Crippen LogP contribution in [0, 0.1) is 5.92 Å². The highest BCUT2D eigenvalue weighted by Gasteiger charge is 2.39. The molecule has 2 fully saturated rings. The van der Waals surface area contributed by atoms with Crippen molar-refractivity contribution in [2.24, 2.45) is 5.92 Å². The highest BCUT2D eigenvalue weighted by molar-refractivity contribution is 7.99. The second-order valence-corrected chi connectivity index (χ2v) is 7.64. The lowest BCUT2D eigenvalue weighted by Gasteiger charge is -2.40. The number of rotatable bonds is 6. The predicted octanol–water partition coefficient (Wildman–Crippen LogP) is 2.43. The molecule has 1 N–H and O–H groups in total. The Hall–Kier alpha value is -0.710. The van der Waals surface area contributed by atoms with Gasteiger partial charge in [-0.25, -0.2) is 0 Å². The van der Waals surface area contributed by atoms with Gasteiger partial charge in [-0.05, 0) is 43.6 Å². The van der Waals surface area contributed by atoms with Gasteiger partial charge in [0.15, 0.2) is 0 Å². The number of nitrogens with zero attached hydrogens (tertiary/aromatic N) is 1. The van der Waals surface area contributed by atoms with E-state index < -0.39 is 0 Å². The molecule has 0 aromatic carbocycles. The Morgan fingerprint density at radius 1 is 1.29 bits per heavy atom. The SMILES string of the molecule is CCSCCC(C)N1CC(=O)NC(C2CCCCC2)C1=O. The number of piperazine rings is 1. The summed E-state index contributed by atoms with van der Waals surface area (Å²) in [6.07, 6.45) is 6.75. The minimum atomic E-state index is -0.271. The summed E-state index contributed by atoms with van der Waals surface area (Å²) in [6.45, 7) is 4.46. The van der Waals surface area contributed by atoms with Crippen LogP contribution in [-0.4, -0.2) is 46.8 Å². The van der Waals surface area contributed by atoms with Crippen molar-refractivity contribution < 1.29 is 9.59 Å². The maximum absolute atomic E-state index is 12.7. The molecule has 1 aliphatic carbocycles. The van der Waals surface area contributed by atoms with Crippen molar-refractivity contribution in [1.29, 1.82) is 0 Å². The van der Waals surface area contributed by atoms with Gasteiger partial charge in [-0.15, -0.1) is 0 Å². The Labute approximate surface area is 132 Å². The van der Waals surface area contributed by atoms with E-state index in [1.165, 1.54) is 19.3 Å². The lowest BCUT2D eigenvalue weighted by molar-refractivity contribution is -0.148. The Kier molecular flexibility index (Phi) is 6.40. The first-order valence-electron chi connectivity index (χ1n) is 8.31. The Morgan fingerprint density at radius 3 is 2.67 bits per heavy atom. The highest BCUT2D eigenvalue weighted by atomic mass is 32.2. The zero-order valence-corrected chi connectivity index (χ0v) is 14.1. The Morgan fingerprint density at radius 2 is 2.00 bits per heavy atom. The summed E-state index contributed by atoms with van der Waals surface area (Å²) in [5, 5.41) is 2.95. The third-order valence-corrected chi connectivity index (χ3v) is 5.65. The lowest BCUT2D eigenvalue weighted by Crippen LogP contribution is -2.62. The van der Waals surface area contributed by atoms with Crippen molar-refractivity contribution >= 4 is 23.6 Å². The molecule has 0 bridgehead atoms. The molecule has 1 saturated heterocycles. The smallest absolute Gasteiger partial charge is 0.246 e. The maximum atomic E-state index is 12.7. The zero-order valence-electron chi connectivity index (χ0n) is 13.3. The predicted molar refractivity (Wildman–Crippen MR) is 87.3 cm³/mol. The first-order chi connectivity index (χ1) is 10.1. The van der Waals surface area contributed by atoms with Crippen LogP contribution >= 0.6 is 11.8 Å². The number of thioether (sulfide) groups is 1. The van der Waals surface area contributed by atoms with Crippen LogP contribution in [0.15, 0.2) is 0 Å². The van der Waals surface area contributed by atoms with E-state index in [0.29, 0.717) is 5.92 Å². The van der Waals surface area contributed by atoms with Crippen molar-refractivity contribution in [2.75, 3.05) is 18.1 Å². The van der Waals surface area contributed by atoms with Crippen molar-refractivity contribution in [1.82, 2.24) is 10.2 Å². The van der Waals surface area contributed by atoms with Gasteiger partial charge in [-0.1, -0.05) is 26.2 Å². The van der Waals surface area contributed by atoms with Gasteiger partial charge in [0.1, 0.15) is 6.04 Å². The van der Waals surface area contributed by atoms with Crippen LogP contribution in [0.5, 0.6) is 0 Å². The fourth-order valence-electron chi connectivity index (χ4n) is 3.41. The summed E-state index contributed by atoms with van der Waals surface area (Å²) >= 11 is 1.89. The topological polar surface area (TPSA) is 49.4 Å². The fourth-order valence-corrected chi connectivity index (χ4v) is 4.20. The normalized spacial score (nSPS) is 25.8. The van der Waals surface area contributed by atoms with Crippen molar-refractivity contribution in [3.8, 4) is 0 Å². The Bertz CT molecular complexity index is 369. The molecule has 5 heteroatoms. The summed E-state index contributed by atoms with van der Waals surface area (Å²) in [5.74, 6) is 2.66. The number of carbonyl (C=O) groups excluding carboxylic acids is 2. The molecule has 0 spiro atoms. The van der Waals surface area contributed by atoms with E-state index in [2.05, 4.69) is 19.2 Å². The van der Waals surface area contributed by atoms with Gasteiger partial charge in [0.25, 0.3) is 0 Å². The zero-order chi connectivity index (χ0) is 15.2. The van der Waals surface area contributed by atoms with E-state index in [4.69, 9.17) is 0 Å². The average Bonchev–Trinajstić information content (AvgIpc) is 2.50. The second-order valence-electron chi connectivity index (χ2n) is 6.24. The number of nitrogens with one attached hydrogen (secondary N) is 1. The van der Waals surface area contributed by atoms with Crippen LogP contribution in [-0.2, 0) is 9.59 Å². The third-order valence-electron chi connectivity index (χ3n) is 4.72. The number of hydrogen-bond donors (Lipinski definition) is 1. The van der Waals surface area contributed by atoms with Crippen LogP contribution < -0.4 is 5.32 Å². The van der Waals surface area contributed by atoms with Gasteiger partial charge in [0.05, 0.1) is 6.54 Å². The molecule has 120 valence electrons. The molecule has 21 heavy (non-hydrogen) atoms. The van der Waals surface area contributed by atoms with Gasteiger partial charge in [0, 0.05) is 6.04 Å². The van der Waals surface area contributed by atoms with Gasteiger partial charge in [0.2, 0.25) is 11.8 Å². The van der Waals surface area contributed by atoms with E-state index in [0.717, 1.165) is 30.8 Å². The van der Waals surface area contributed by atoms with Crippen molar-refractivity contribution in [2.45, 2.75) is 64.5 Å². The first kappa shape index (κ1) is 16.7. The molecule has 2 atom stereocenters. The van der Waals surface area contributed by atoms with E-state index in [-0.39, 0.29) is 30.4 Å². The molecule has 1 aliphatic heterocycles. The fraction of sp³-hybridized carbons (Fsp3) is 0.875. The molecule has 4 nitrogen and oxygen atoms in total. The molecule has 2 unspecified atom stereocenters. The van der Waals surface area contributed by atoms with Gasteiger partial charge < -0.3 is 10.2 Å². The molecule has 0 radical (unpaired) electrons. The molecule has 2 rings (SSSR count). The maximum Gasteiger partial charge on any atom is 0.246 e. The van der Waals surface area contributed by atoms with Gasteiger partial charge in [-0.2, -0.15) is 11.8 Å². The van der Waals surface area contributed by atoms with Crippen LogP contribution in [0.2, 0.25) is 0 Å². The van der Waals surface area contributed by atoms with Crippen LogP contribution in [0.1, 0.15) is 52.4 Å². The summed E-state index contributed by atoms with van der Waals surface area (Å²) in [6, 6.07) is -0.110. The molecular formula is C16H28N2O2S. The Balaban J connectivity index is 1.97. The average molecular weight is 312 g/mol. The minimum Gasteiger partial charge on any atom is -0.342 e. The monoisotopic (exact) mass is 312 g/mol. The minimum absolute atomic E-state index is 0.0140. The van der Waals surface area contributed by atoms with Crippen LogP contribution in [0.3, 0.4) is 0 Å². The number of carbonyl (C=O) groups is 2. The van der Waals surface area contributed by atoms with Crippen LogP contribution in [0.25, 0.3) is 0 Å². The summed E-state index contributed by atoms with van der Waals surface area (Å²) in [5.41, 5.74) is 0. The van der Waals surface area contributed by atoms with Gasteiger partial charge >= 0.3 is 0 Å². The third kappa shape index (κ3) is 4.38. The van der Waals surface area contributed by atoms with Gasteiger partial charge in [-0.3, -0.25) is 9.59 Å². The molecule has 0 aromatic heterocycles. The summed E-state index contributed by atoms with van der Waals surface area (Å²) < 4.78 is 0. The number of hydrogen-bond acceptors (Lipinski definition) is 3. The molecule has 2 amide bonds. The van der Waals surface area contributed by atoms with E-state index in [1.807, 2.05) is 16.7 Å². The van der Waals surface area contributed by atoms with Crippen LogP contribution in [0.4, 0.5) is 0 Å². The van der Waals surface area contributed by atoms with Crippen molar-refractivity contribution in [3.63, 3.8) is 0 Å². The molecule has 0 aromatic rings. The largest absolute Gasteiger partial charge is 0.342 e. The van der Waals surface area contributed by atoms with E-state index in [1.54, 1.807) is 0 Å². The quantitative estimate of drug-likeness (QED) is 0.766. The summed E-state index contributed by atoms with van der Waals surface area (Å²) in [7, 11) is 0. The van der Waals surface area contributed by atoms with Crippen molar-refractivity contribution in [3.05, 3.63) is 0 Å². The second kappa shape index (κ2) is 8.06.